The lowest BCUT2D eigenvalue weighted by atomic mass is 10.2. The van der Waals surface area contributed by atoms with E-state index in [0.717, 1.165) is 38.5 Å². The number of amides is 1. The van der Waals surface area contributed by atoms with Gasteiger partial charge in [-0.05, 0) is 30.5 Å². The number of thiophene rings is 1. The number of guanidine groups is 1. The molecule has 7 nitrogen and oxygen atoms in total. The average molecular weight is 543 g/mol. The van der Waals surface area contributed by atoms with Crippen molar-refractivity contribution in [1.82, 2.24) is 15.5 Å². The van der Waals surface area contributed by atoms with Gasteiger partial charge in [0.1, 0.15) is 6.54 Å². The van der Waals surface area contributed by atoms with E-state index >= 15 is 0 Å². The van der Waals surface area contributed by atoms with E-state index in [1.807, 2.05) is 37.3 Å². The van der Waals surface area contributed by atoms with Crippen molar-refractivity contribution >= 4 is 52.9 Å². The van der Waals surface area contributed by atoms with Gasteiger partial charge in [0.2, 0.25) is 5.91 Å². The lowest BCUT2D eigenvalue weighted by Crippen LogP contribution is -2.46. The van der Waals surface area contributed by atoms with E-state index < -0.39 is 0 Å². The van der Waals surface area contributed by atoms with Crippen LogP contribution < -0.4 is 16.0 Å². The fourth-order valence-electron chi connectivity index (χ4n) is 3.19. The van der Waals surface area contributed by atoms with E-state index in [9.17, 15) is 4.79 Å². The minimum Gasteiger partial charge on any atom is -0.379 e. The van der Waals surface area contributed by atoms with Crippen LogP contribution in [0.3, 0.4) is 0 Å². The van der Waals surface area contributed by atoms with Gasteiger partial charge < -0.3 is 20.7 Å². The number of nitrogens with zero attached hydrogens (tertiary/aromatic N) is 2. The molecule has 3 rings (SSSR count). The molecule has 1 aliphatic rings. The number of para-hydroxylation sites is 1. The number of hydrogen-bond acceptors (Lipinski definition) is 5. The highest BCUT2D eigenvalue weighted by atomic mass is 127. The van der Waals surface area contributed by atoms with Crippen molar-refractivity contribution in [3.05, 3.63) is 52.7 Å². The number of halogens is 1. The Kier molecular flexibility index (Phi) is 11.1. The van der Waals surface area contributed by atoms with Crippen molar-refractivity contribution < 1.29 is 9.53 Å². The highest BCUT2D eigenvalue weighted by Crippen LogP contribution is 2.25. The number of nitrogens with one attached hydrogen (secondary N) is 3. The molecule has 9 heteroatoms. The van der Waals surface area contributed by atoms with Gasteiger partial charge in [-0.3, -0.25) is 9.69 Å². The third-order valence-electron chi connectivity index (χ3n) is 4.60. The molecule has 1 saturated heterocycles. The van der Waals surface area contributed by atoms with Crippen LogP contribution >= 0.6 is 35.3 Å². The normalized spacial score (nSPS) is 15.7. The standard InChI is InChI=1S/C21H29N5O2S.HI/c1-2-22-21(24-16-20(27)25-17-7-4-3-5-8-17)23-15-18(19-9-6-14-29-19)26-10-12-28-13-11-26;/h3-9,14,18H,2,10-13,15-16H2,1H3,(H,25,27)(H2,22,23,24);1H. The van der Waals surface area contributed by atoms with Crippen LogP contribution in [0.5, 0.6) is 0 Å². The van der Waals surface area contributed by atoms with Gasteiger partial charge in [0, 0.05) is 36.7 Å². The molecule has 0 bridgehead atoms. The monoisotopic (exact) mass is 543 g/mol. The molecule has 1 aromatic carbocycles. The van der Waals surface area contributed by atoms with Crippen molar-refractivity contribution in [3.63, 3.8) is 0 Å². The van der Waals surface area contributed by atoms with E-state index in [1.165, 1.54) is 4.88 Å². The Labute approximate surface area is 199 Å². The van der Waals surface area contributed by atoms with E-state index in [4.69, 9.17) is 4.74 Å². The minimum absolute atomic E-state index is 0. The highest BCUT2D eigenvalue weighted by molar-refractivity contribution is 14.0. The van der Waals surface area contributed by atoms with Crippen molar-refractivity contribution in [3.8, 4) is 0 Å². The molecular formula is C21H30IN5O2S. The summed E-state index contributed by atoms with van der Waals surface area (Å²) in [4.78, 5) is 20.4. The van der Waals surface area contributed by atoms with E-state index in [2.05, 4.69) is 43.4 Å². The molecule has 0 saturated carbocycles. The molecule has 1 amide bonds. The Morgan fingerprint density at radius 1 is 1.17 bits per heavy atom. The number of anilines is 1. The Balaban J connectivity index is 0.00000320. The predicted octanol–water partition coefficient (Wildman–Crippen LogP) is 2.93. The first-order valence-corrected chi connectivity index (χ1v) is 10.9. The molecule has 2 aromatic rings. The zero-order valence-corrected chi connectivity index (χ0v) is 20.3. The first kappa shape index (κ1) is 24.6. The van der Waals surface area contributed by atoms with Crippen molar-refractivity contribution in [2.75, 3.05) is 51.3 Å². The molecule has 1 fully saturated rings. The molecule has 1 unspecified atom stereocenters. The number of aliphatic imine (C=N–C) groups is 1. The van der Waals surface area contributed by atoms with Crippen LogP contribution in [0.4, 0.5) is 5.69 Å². The third-order valence-corrected chi connectivity index (χ3v) is 5.58. The Bertz CT molecular complexity index is 767. The molecular weight excluding hydrogens is 513 g/mol. The number of benzene rings is 1. The van der Waals surface area contributed by atoms with E-state index in [0.29, 0.717) is 12.5 Å². The molecule has 0 spiro atoms. The molecule has 0 aliphatic carbocycles. The maximum atomic E-state index is 12.2. The largest absolute Gasteiger partial charge is 0.379 e. The van der Waals surface area contributed by atoms with Gasteiger partial charge in [0.25, 0.3) is 0 Å². The second-order valence-corrected chi connectivity index (χ2v) is 7.65. The summed E-state index contributed by atoms with van der Waals surface area (Å²) >= 11 is 1.76. The van der Waals surface area contributed by atoms with Gasteiger partial charge in [0.05, 0.1) is 19.3 Å². The zero-order valence-electron chi connectivity index (χ0n) is 17.2. The van der Waals surface area contributed by atoms with Gasteiger partial charge in [-0.25, -0.2) is 4.99 Å². The SMILES string of the molecule is CCNC(=NCC(=O)Nc1ccccc1)NCC(c1cccs1)N1CCOCC1.I. The third kappa shape index (κ3) is 7.86. The van der Waals surface area contributed by atoms with Crippen molar-refractivity contribution in [2.45, 2.75) is 13.0 Å². The smallest absolute Gasteiger partial charge is 0.246 e. The predicted molar refractivity (Wildman–Crippen MR) is 134 cm³/mol. The summed E-state index contributed by atoms with van der Waals surface area (Å²) in [6.07, 6.45) is 0. The molecule has 30 heavy (non-hydrogen) atoms. The van der Waals surface area contributed by atoms with Gasteiger partial charge in [0.15, 0.2) is 5.96 Å². The number of hydrogen-bond donors (Lipinski definition) is 3. The summed E-state index contributed by atoms with van der Waals surface area (Å²) in [6.45, 7) is 6.87. The second kappa shape index (κ2) is 13.6. The summed E-state index contributed by atoms with van der Waals surface area (Å²) in [5.74, 6) is 0.502. The fourth-order valence-corrected chi connectivity index (χ4v) is 4.05. The molecule has 1 aliphatic heterocycles. The second-order valence-electron chi connectivity index (χ2n) is 6.67. The fraction of sp³-hybridized carbons (Fsp3) is 0.429. The number of ether oxygens (including phenoxy) is 1. The van der Waals surface area contributed by atoms with Crippen LogP contribution in [0.15, 0.2) is 52.8 Å². The molecule has 1 aromatic heterocycles. The van der Waals surface area contributed by atoms with Crippen LogP contribution in [0, 0.1) is 0 Å². The molecule has 3 N–H and O–H groups in total. The summed E-state index contributed by atoms with van der Waals surface area (Å²) in [7, 11) is 0. The molecule has 0 radical (unpaired) electrons. The van der Waals surface area contributed by atoms with Crippen molar-refractivity contribution in [1.29, 1.82) is 0 Å². The average Bonchev–Trinajstić information content (AvgIpc) is 3.28. The van der Waals surface area contributed by atoms with Gasteiger partial charge in [-0.2, -0.15) is 0 Å². The summed E-state index contributed by atoms with van der Waals surface area (Å²) in [6, 6.07) is 13.9. The van der Waals surface area contributed by atoms with E-state index in [1.54, 1.807) is 11.3 Å². The van der Waals surface area contributed by atoms with E-state index in [-0.39, 0.29) is 42.5 Å². The number of carbonyl (C=O) groups is 1. The van der Waals surface area contributed by atoms with Gasteiger partial charge in [-0.1, -0.05) is 24.3 Å². The quantitative estimate of drug-likeness (QED) is 0.271. The molecule has 1 atom stereocenters. The Hall–Kier alpha value is -1.69. The lowest BCUT2D eigenvalue weighted by molar-refractivity contribution is -0.114. The minimum atomic E-state index is -0.142. The topological polar surface area (TPSA) is 78.0 Å². The Morgan fingerprint density at radius 2 is 1.93 bits per heavy atom. The highest BCUT2D eigenvalue weighted by Gasteiger charge is 2.23. The number of morpholine rings is 1. The summed E-state index contributed by atoms with van der Waals surface area (Å²) in [5, 5.41) is 11.6. The van der Waals surface area contributed by atoms with Crippen LogP contribution in [-0.4, -0.2) is 62.7 Å². The van der Waals surface area contributed by atoms with Crippen LogP contribution in [0.1, 0.15) is 17.8 Å². The molecule has 164 valence electrons. The molecule has 2 heterocycles. The van der Waals surface area contributed by atoms with Crippen LogP contribution in [0.2, 0.25) is 0 Å². The maximum absolute atomic E-state index is 12.2. The number of carbonyl (C=O) groups excluding carboxylic acids is 1. The number of rotatable bonds is 8. The van der Waals surface area contributed by atoms with Crippen molar-refractivity contribution in [2.24, 2.45) is 4.99 Å². The maximum Gasteiger partial charge on any atom is 0.246 e. The van der Waals surface area contributed by atoms with Crippen LogP contribution in [0.25, 0.3) is 0 Å². The summed E-state index contributed by atoms with van der Waals surface area (Å²) < 4.78 is 5.51. The Morgan fingerprint density at radius 3 is 2.60 bits per heavy atom. The first-order valence-electron chi connectivity index (χ1n) is 9.98. The van der Waals surface area contributed by atoms with Crippen LogP contribution in [-0.2, 0) is 9.53 Å². The van der Waals surface area contributed by atoms with Gasteiger partial charge in [-0.15, -0.1) is 35.3 Å². The lowest BCUT2D eigenvalue weighted by Gasteiger charge is -2.34. The first-order chi connectivity index (χ1) is 14.3. The van der Waals surface area contributed by atoms with Gasteiger partial charge >= 0.3 is 0 Å². The zero-order chi connectivity index (χ0) is 20.3. The summed E-state index contributed by atoms with van der Waals surface area (Å²) in [5.41, 5.74) is 0.774.